The highest BCUT2D eigenvalue weighted by Gasteiger charge is 2.33. The van der Waals surface area contributed by atoms with Crippen LogP contribution in [0, 0.1) is 12.7 Å². The molecule has 11 nitrogen and oxygen atoms in total. The van der Waals surface area contributed by atoms with E-state index in [0.29, 0.717) is 65.4 Å². The van der Waals surface area contributed by atoms with Gasteiger partial charge in [-0.2, -0.15) is 10.2 Å². The summed E-state index contributed by atoms with van der Waals surface area (Å²) in [6.07, 6.45) is 0.810. The van der Waals surface area contributed by atoms with Gasteiger partial charge in [-0.25, -0.2) is 9.18 Å². The van der Waals surface area contributed by atoms with E-state index >= 15 is 0 Å². The minimum Gasteiger partial charge on any atom is -0.456 e. The van der Waals surface area contributed by atoms with Crippen molar-refractivity contribution in [2.75, 3.05) is 38.2 Å². The monoisotopic (exact) mass is 592 g/mol. The molecule has 216 valence electrons. The average Bonchev–Trinajstić information content (AvgIpc) is 2.97. The molecule has 1 amide bonds. The highest BCUT2D eigenvalue weighted by molar-refractivity contribution is 6.30. The first kappa shape index (κ1) is 27.8. The second-order valence-corrected chi connectivity index (χ2v) is 10.4. The number of aromatic nitrogens is 3. The summed E-state index contributed by atoms with van der Waals surface area (Å²) < 4.78 is 30.5. The number of carbonyl (C=O) groups excluding carboxylic acids is 2. The maximum Gasteiger partial charge on any atom is 0.415 e. The van der Waals surface area contributed by atoms with E-state index in [2.05, 4.69) is 25.8 Å². The van der Waals surface area contributed by atoms with Gasteiger partial charge in [0.25, 0.3) is 0 Å². The number of rotatable bonds is 6. The van der Waals surface area contributed by atoms with Gasteiger partial charge in [-0.3, -0.25) is 9.78 Å². The predicted molar refractivity (Wildman–Crippen MR) is 152 cm³/mol. The lowest BCUT2D eigenvalue weighted by molar-refractivity contribution is -0.175. The number of aryl methyl sites for hydroxylation is 1. The van der Waals surface area contributed by atoms with Crippen LogP contribution in [-0.4, -0.2) is 77.1 Å². The number of anilines is 2. The fraction of sp³-hybridized carbons (Fsp3) is 0.276. The van der Waals surface area contributed by atoms with Gasteiger partial charge in [-0.05, 0) is 49.4 Å². The topological polar surface area (TPSA) is 128 Å². The number of piperazine rings is 1. The van der Waals surface area contributed by atoms with Crippen LogP contribution in [0.15, 0.2) is 54.7 Å². The molecule has 0 aliphatic carbocycles. The Labute approximate surface area is 244 Å². The second kappa shape index (κ2) is 11.8. The minimum absolute atomic E-state index is 0.130. The Balaban J connectivity index is 1.17. The van der Waals surface area contributed by atoms with Crippen molar-refractivity contribution in [3.8, 4) is 17.0 Å². The zero-order valence-corrected chi connectivity index (χ0v) is 23.2. The number of fused-ring (bicyclic) bond motifs is 1. The largest absolute Gasteiger partial charge is 0.456 e. The molecule has 4 heterocycles. The average molecular weight is 593 g/mol. The summed E-state index contributed by atoms with van der Waals surface area (Å²) in [6, 6.07) is 12.2. The Morgan fingerprint density at radius 2 is 1.98 bits per heavy atom. The number of ether oxygens (including phenoxy) is 3. The first-order valence-electron chi connectivity index (χ1n) is 13.3. The Kier molecular flexibility index (Phi) is 7.83. The molecule has 2 aliphatic rings. The van der Waals surface area contributed by atoms with Gasteiger partial charge < -0.3 is 29.7 Å². The SMILES string of the molecule is Cc1nnc(-c2cc(Cl)ccc2F)cc1Nc1ccnc2cc(OC(=O)N3CCNC(C(=O)OC4COC4)C3)ccc12. The molecule has 1 unspecified atom stereocenters. The van der Waals surface area contributed by atoms with Crippen molar-refractivity contribution in [3.05, 3.63) is 71.3 Å². The molecule has 0 radical (unpaired) electrons. The molecule has 6 rings (SSSR count). The van der Waals surface area contributed by atoms with Gasteiger partial charge in [0.2, 0.25) is 0 Å². The Hall–Kier alpha value is -4.39. The summed E-state index contributed by atoms with van der Waals surface area (Å²) in [4.78, 5) is 31.2. The van der Waals surface area contributed by atoms with Gasteiger partial charge in [0.15, 0.2) is 0 Å². The highest BCUT2D eigenvalue weighted by atomic mass is 35.5. The zero-order chi connectivity index (χ0) is 29.2. The molecule has 0 spiro atoms. The first-order valence-corrected chi connectivity index (χ1v) is 13.7. The molecule has 2 N–H and O–H groups in total. The Morgan fingerprint density at radius 3 is 2.79 bits per heavy atom. The molecule has 13 heteroatoms. The molecule has 2 aromatic heterocycles. The van der Waals surface area contributed by atoms with E-state index in [0.717, 1.165) is 5.39 Å². The van der Waals surface area contributed by atoms with E-state index in [1.54, 1.807) is 43.5 Å². The molecule has 2 aliphatic heterocycles. The number of hydrogen-bond acceptors (Lipinski definition) is 10. The third-order valence-corrected chi connectivity index (χ3v) is 7.22. The molecule has 42 heavy (non-hydrogen) atoms. The van der Waals surface area contributed by atoms with Crippen molar-refractivity contribution in [2.24, 2.45) is 0 Å². The van der Waals surface area contributed by atoms with Gasteiger partial charge in [-0.1, -0.05) is 11.6 Å². The molecule has 2 fully saturated rings. The summed E-state index contributed by atoms with van der Waals surface area (Å²) in [7, 11) is 0. The fourth-order valence-corrected chi connectivity index (χ4v) is 4.79. The van der Waals surface area contributed by atoms with E-state index in [9.17, 15) is 14.0 Å². The van der Waals surface area contributed by atoms with Crippen molar-refractivity contribution in [1.29, 1.82) is 0 Å². The van der Waals surface area contributed by atoms with Crippen LogP contribution in [0.4, 0.5) is 20.6 Å². The number of esters is 1. The van der Waals surface area contributed by atoms with Gasteiger partial charge in [0.05, 0.1) is 42.4 Å². The zero-order valence-electron chi connectivity index (χ0n) is 22.5. The third-order valence-electron chi connectivity index (χ3n) is 6.98. The van der Waals surface area contributed by atoms with Crippen molar-refractivity contribution < 1.29 is 28.2 Å². The Morgan fingerprint density at radius 1 is 1.12 bits per heavy atom. The number of pyridine rings is 1. The van der Waals surface area contributed by atoms with E-state index in [1.807, 2.05) is 0 Å². The molecule has 1 atom stereocenters. The standard InChI is InChI=1S/C29H26ClFN6O5/c1-16-24(12-26(36-35-16)21-10-17(30)2-5-22(21)31)34-23-6-7-32-25-11-18(3-4-20(23)25)42-29(39)37-9-8-33-27(13-37)28(38)41-19-14-40-15-19/h2-7,10-12,19,27,33H,8-9,13-15H2,1H3,(H,32,34,36). The molecule has 0 bridgehead atoms. The highest BCUT2D eigenvalue weighted by Crippen LogP contribution is 2.31. The summed E-state index contributed by atoms with van der Waals surface area (Å²) in [5, 5.41) is 15.9. The number of halogens is 2. The smallest absolute Gasteiger partial charge is 0.415 e. The van der Waals surface area contributed by atoms with Crippen molar-refractivity contribution in [1.82, 2.24) is 25.4 Å². The van der Waals surface area contributed by atoms with Crippen LogP contribution in [-0.2, 0) is 14.3 Å². The van der Waals surface area contributed by atoms with Crippen LogP contribution >= 0.6 is 11.6 Å². The molecule has 4 aromatic rings. The third kappa shape index (κ3) is 5.96. The predicted octanol–water partition coefficient (Wildman–Crippen LogP) is 4.25. The lowest BCUT2D eigenvalue weighted by atomic mass is 10.1. The normalized spacial score (nSPS) is 17.0. The Bertz CT molecular complexity index is 1670. The summed E-state index contributed by atoms with van der Waals surface area (Å²) in [5.74, 6) is -0.568. The van der Waals surface area contributed by atoms with Crippen molar-refractivity contribution in [2.45, 2.75) is 19.1 Å². The quantitative estimate of drug-likeness (QED) is 0.314. The van der Waals surface area contributed by atoms with Gasteiger partial charge in [0, 0.05) is 47.0 Å². The van der Waals surface area contributed by atoms with Crippen LogP contribution in [0.1, 0.15) is 5.69 Å². The van der Waals surface area contributed by atoms with Crippen LogP contribution in [0.3, 0.4) is 0 Å². The van der Waals surface area contributed by atoms with E-state index in [1.165, 1.54) is 23.1 Å². The van der Waals surface area contributed by atoms with Crippen LogP contribution in [0.25, 0.3) is 22.2 Å². The second-order valence-electron chi connectivity index (χ2n) is 9.93. The van der Waals surface area contributed by atoms with Gasteiger partial charge >= 0.3 is 12.1 Å². The number of nitrogens with one attached hydrogen (secondary N) is 2. The fourth-order valence-electron chi connectivity index (χ4n) is 4.62. The molecular weight excluding hydrogens is 567 g/mol. The molecule has 2 aromatic carbocycles. The van der Waals surface area contributed by atoms with Gasteiger partial charge in [0.1, 0.15) is 23.7 Å². The number of amides is 1. The van der Waals surface area contributed by atoms with Gasteiger partial charge in [-0.15, -0.1) is 0 Å². The summed E-state index contributed by atoms with van der Waals surface area (Å²) >= 11 is 6.07. The first-order chi connectivity index (χ1) is 20.3. The summed E-state index contributed by atoms with van der Waals surface area (Å²) in [6.45, 7) is 3.51. The molecule has 0 saturated carbocycles. The maximum absolute atomic E-state index is 14.5. The molecular formula is C29H26ClFN6O5. The lowest BCUT2D eigenvalue weighted by Crippen LogP contribution is -2.57. The maximum atomic E-state index is 14.5. The number of hydrogen-bond donors (Lipinski definition) is 2. The summed E-state index contributed by atoms with van der Waals surface area (Å²) in [5.41, 5.74) is 3.10. The van der Waals surface area contributed by atoms with Crippen molar-refractivity contribution >= 4 is 45.9 Å². The number of nitrogens with zero attached hydrogens (tertiary/aromatic N) is 4. The van der Waals surface area contributed by atoms with E-state index < -0.39 is 23.9 Å². The number of benzene rings is 2. The van der Waals surface area contributed by atoms with Crippen molar-refractivity contribution in [3.63, 3.8) is 0 Å². The van der Waals surface area contributed by atoms with Crippen LogP contribution in [0.2, 0.25) is 5.02 Å². The van der Waals surface area contributed by atoms with E-state index in [4.69, 9.17) is 25.8 Å². The lowest BCUT2D eigenvalue weighted by Gasteiger charge is -2.33. The number of carbonyl (C=O) groups is 2. The minimum atomic E-state index is -0.638. The van der Waals surface area contributed by atoms with Crippen LogP contribution in [0.5, 0.6) is 5.75 Å². The van der Waals surface area contributed by atoms with E-state index in [-0.39, 0.29) is 18.2 Å². The molecule has 2 saturated heterocycles. The van der Waals surface area contributed by atoms with Crippen LogP contribution < -0.4 is 15.4 Å².